The van der Waals surface area contributed by atoms with E-state index in [-0.39, 0.29) is 11.8 Å². The number of nitrogens with two attached hydrogens (primary N) is 1. The van der Waals surface area contributed by atoms with Crippen molar-refractivity contribution in [1.82, 2.24) is 4.90 Å². The van der Waals surface area contributed by atoms with Crippen molar-refractivity contribution in [2.75, 3.05) is 45.2 Å². The molecule has 1 heterocycles. The minimum absolute atomic E-state index is 0.0713. The highest BCUT2D eigenvalue weighted by Gasteiger charge is 2.22. The minimum Gasteiger partial charge on any atom is -0.493 e. The molecule has 0 saturated carbocycles. The Hall–Kier alpha value is -2.53. The molecular weight excluding hydrogens is 386 g/mol. The van der Waals surface area contributed by atoms with Gasteiger partial charge in [-0.1, -0.05) is 30.3 Å². The number of nitrogens with zero attached hydrogens (tertiary/aromatic N) is 2. The predicted molar refractivity (Wildman–Crippen MR) is 128 cm³/mol. The Labute approximate surface area is 187 Å². The largest absolute Gasteiger partial charge is 0.493 e. The van der Waals surface area contributed by atoms with Gasteiger partial charge in [0.05, 0.1) is 6.61 Å². The normalized spacial score (nSPS) is 15.0. The van der Waals surface area contributed by atoms with Gasteiger partial charge in [0.2, 0.25) is 5.91 Å². The maximum absolute atomic E-state index is 11.3. The first-order valence-corrected chi connectivity index (χ1v) is 11.5. The number of carbonyl (C=O) groups excluding carboxylic acids is 1. The number of unbranched alkanes of at least 4 members (excludes halogenated alkanes) is 1. The van der Waals surface area contributed by atoms with Crippen LogP contribution in [0.3, 0.4) is 0 Å². The number of carbonyl (C=O) groups is 1. The number of piperidine rings is 1. The number of primary amides is 1. The third-order valence-electron chi connectivity index (χ3n) is 6.22. The number of rotatable bonds is 11. The molecule has 1 amide bonds. The zero-order valence-electron chi connectivity index (χ0n) is 19.1. The van der Waals surface area contributed by atoms with Gasteiger partial charge in [-0.2, -0.15) is 0 Å². The van der Waals surface area contributed by atoms with Gasteiger partial charge in [0.1, 0.15) is 5.75 Å². The van der Waals surface area contributed by atoms with Crippen LogP contribution >= 0.6 is 0 Å². The Morgan fingerprint density at radius 3 is 2.42 bits per heavy atom. The van der Waals surface area contributed by atoms with Crippen molar-refractivity contribution >= 4 is 11.6 Å². The van der Waals surface area contributed by atoms with Gasteiger partial charge < -0.3 is 20.3 Å². The van der Waals surface area contributed by atoms with Crippen LogP contribution in [0.15, 0.2) is 48.5 Å². The zero-order valence-corrected chi connectivity index (χ0v) is 19.1. The molecule has 0 aromatic heterocycles. The molecule has 1 aliphatic rings. The summed E-state index contributed by atoms with van der Waals surface area (Å²) in [7, 11) is 4.13. The number of likely N-dealkylation sites (tertiary alicyclic amines) is 1. The van der Waals surface area contributed by atoms with Crippen molar-refractivity contribution < 1.29 is 9.53 Å². The van der Waals surface area contributed by atoms with E-state index in [1.807, 2.05) is 6.07 Å². The second kappa shape index (κ2) is 11.8. The molecule has 2 N–H and O–H groups in total. The van der Waals surface area contributed by atoms with Crippen LogP contribution in [-0.4, -0.2) is 51.1 Å². The number of anilines is 1. The van der Waals surface area contributed by atoms with E-state index in [0.29, 0.717) is 0 Å². The molecule has 0 atom stereocenters. The maximum Gasteiger partial charge on any atom is 0.220 e. The zero-order chi connectivity index (χ0) is 22.1. The molecule has 0 aliphatic carbocycles. The maximum atomic E-state index is 11.3. The third kappa shape index (κ3) is 7.28. The number of hydrogen-bond donors (Lipinski definition) is 1. The van der Waals surface area contributed by atoms with Gasteiger partial charge >= 0.3 is 0 Å². The van der Waals surface area contributed by atoms with Gasteiger partial charge in [0, 0.05) is 25.7 Å². The van der Waals surface area contributed by atoms with E-state index in [4.69, 9.17) is 10.5 Å². The number of amides is 1. The lowest BCUT2D eigenvalue weighted by Crippen LogP contribution is -2.38. The second-order valence-corrected chi connectivity index (χ2v) is 8.74. The van der Waals surface area contributed by atoms with Gasteiger partial charge in [0.25, 0.3) is 0 Å². The van der Waals surface area contributed by atoms with Gasteiger partial charge in [-0.25, -0.2) is 0 Å². The monoisotopic (exact) mass is 423 g/mol. The van der Waals surface area contributed by atoms with Crippen LogP contribution in [-0.2, 0) is 17.6 Å². The summed E-state index contributed by atoms with van der Waals surface area (Å²) in [4.78, 5) is 15.8. The molecule has 0 radical (unpaired) electrons. The number of ether oxygens (including phenoxy) is 1. The topological polar surface area (TPSA) is 58.8 Å². The number of benzene rings is 2. The Kier molecular flexibility index (Phi) is 8.77. The molecule has 1 fully saturated rings. The lowest BCUT2D eigenvalue weighted by Gasteiger charge is -2.30. The Morgan fingerprint density at radius 2 is 1.74 bits per heavy atom. The van der Waals surface area contributed by atoms with Crippen LogP contribution < -0.4 is 15.4 Å². The fraction of sp³-hybridized carbons (Fsp3) is 0.500. The van der Waals surface area contributed by atoms with E-state index in [1.165, 1.54) is 16.8 Å². The first-order valence-electron chi connectivity index (χ1n) is 11.5. The summed E-state index contributed by atoms with van der Waals surface area (Å²) in [5, 5.41) is 0. The van der Waals surface area contributed by atoms with E-state index in [1.54, 1.807) is 0 Å². The summed E-state index contributed by atoms with van der Waals surface area (Å²) >= 11 is 0. The molecular formula is C26H37N3O2. The average molecular weight is 424 g/mol. The van der Waals surface area contributed by atoms with Crippen LogP contribution in [0, 0.1) is 5.92 Å². The average Bonchev–Trinajstić information content (AvgIpc) is 2.78. The van der Waals surface area contributed by atoms with Crippen molar-refractivity contribution in [2.45, 2.75) is 38.5 Å². The molecule has 2 aromatic carbocycles. The molecule has 168 valence electrons. The standard InChI is InChI=1S/C26H37N3O2/c1-28(2)24-13-10-21(11-14-24)9-12-22-7-3-4-8-25(22)31-20-6-5-17-29-18-15-23(16-19-29)26(27)30/h3-4,7-8,10-11,13-14,23H,5-6,9,12,15-20H2,1-2H3,(H2,27,30). The van der Waals surface area contributed by atoms with Crippen LogP contribution in [0.1, 0.15) is 36.8 Å². The van der Waals surface area contributed by atoms with E-state index in [2.05, 4.69) is 66.4 Å². The van der Waals surface area contributed by atoms with Crippen LogP contribution in [0.2, 0.25) is 0 Å². The first kappa shape index (κ1) is 23.1. The molecule has 1 aliphatic heterocycles. The van der Waals surface area contributed by atoms with E-state index in [0.717, 1.165) is 70.5 Å². The number of hydrogen-bond acceptors (Lipinski definition) is 4. The smallest absolute Gasteiger partial charge is 0.220 e. The lowest BCUT2D eigenvalue weighted by atomic mass is 9.96. The van der Waals surface area contributed by atoms with Gasteiger partial charge in [-0.3, -0.25) is 4.79 Å². The fourth-order valence-electron chi connectivity index (χ4n) is 4.15. The Bertz CT molecular complexity index is 812. The fourth-order valence-corrected chi connectivity index (χ4v) is 4.15. The summed E-state index contributed by atoms with van der Waals surface area (Å²) < 4.78 is 6.13. The summed E-state index contributed by atoms with van der Waals surface area (Å²) in [5.74, 6) is 0.939. The predicted octanol–water partition coefficient (Wildman–Crippen LogP) is 3.89. The summed E-state index contributed by atoms with van der Waals surface area (Å²) in [6.45, 7) is 3.77. The Balaban J connectivity index is 1.38. The molecule has 0 spiro atoms. The van der Waals surface area contributed by atoms with Crippen molar-refractivity contribution in [1.29, 1.82) is 0 Å². The highest BCUT2D eigenvalue weighted by Crippen LogP contribution is 2.22. The number of aryl methyl sites for hydroxylation is 2. The summed E-state index contributed by atoms with van der Waals surface area (Å²) in [6, 6.07) is 17.2. The highest BCUT2D eigenvalue weighted by molar-refractivity contribution is 5.76. The Morgan fingerprint density at radius 1 is 1.03 bits per heavy atom. The van der Waals surface area contributed by atoms with Gasteiger partial charge in [-0.15, -0.1) is 0 Å². The van der Waals surface area contributed by atoms with Gasteiger partial charge in [0.15, 0.2) is 0 Å². The highest BCUT2D eigenvalue weighted by atomic mass is 16.5. The van der Waals surface area contributed by atoms with Crippen LogP contribution in [0.4, 0.5) is 5.69 Å². The van der Waals surface area contributed by atoms with Crippen molar-refractivity contribution in [2.24, 2.45) is 11.7 Å². The summed E-state index contributed by atoms with van der Waals surface area (Å²) in [6.07, 6.45) is 5.94. The van der Waals surface area contributed by atoms with Crippen molar-refractivity contribution in [3.63, 3.8) is 0 Å². The number of para-hydroxylation sites is 1. The second-order valence-electron chi connectivity index (χ2n) is 8.74. The third-order valence-corrected chi connectivity index (χ3v) is 6.22. The van der Waals surface area contributed by atoms with Crippen LogP contribution in [0.5, 0.6) is 5.75 Å². The van der Waals surface area contributed by atoms with Crippen molar-refractivity contribution in [3.05, 3.63) is 59.7 Å². The molecule has 1 saturated heterocycles. The molecule has 5 heteroatoms. The molecule has 2 aromatic rings. The van der Waals surface area contributed by atoms with Gasteiger partial charge in [-0.05, 0) is 87.5 Å². The van der Waals surface area contributed by atoms with Crippen LogP contribution in [0.25, 0.3) is 0 Å². The first-order chi connectivity index (χ1) is 15.0. The molecule has 31 heavy (non-hydrogen) atoms. The lowest BCUT2D eigenvalue weighted by molar-refractivity contribution is -0.123. The summed E-state index contributed by atoms with van der Waals surface area (Å²) in [5.41, 5.74) is 9.26. The molecule has 5 nitrogen and oxygen atoms in total. The van der Waals surface area contributed by atoms with E-state index >= 15 is 0 Å². The van der Waals surface area contributed by atoms with E-state index in [9.17, 15) is 4.79 Å². The quantitative estimate of drug-likeness (QED) is 0.557. The minimum atomic E-state index is -0.141. The SMILES string of the molecule is CN(C)c1ccc(CCc2ccccc2OCCCCN2CCC(C(N)=O)CC2)cc1. The molecule has 3 rings (SSSR count). The van der Waals surface area contributed by atoms with E-state index < -0.39 is 0 Å². The molecule has 0 unspecified atom stereocenters. The molecule has 0 bridgehead atoms. The van der Waals surface area contributed by atoms with Crippen molar-refractivity contribution in [3.8, 4) is 5.75 Å².